The minimum absolute atomic E-state index is 0.750. The van der Waals surface area contributed by atoms with Gasteiger partial charge < -0.3 is 5.32 Å². The Hall–Kier alpha value is -1.83. The van der Waals surface area contributed by atoms with E-state index in [0.717, 1.165) is 24.3 Å². The van der Waals surface area contributed by atoms with Crippen molar-refractivity contribution in [2.24, 2.45) is 0 Å². The summed E-state index contributed by atoms with van der Waals surface area (Å²) in [5.74, 6) is 0. The van der Waals surface area contributed by atoms with E-state index in [1.807, 2.05) is 11.4 Å². The number of rotatable bonds is 5. The maximum Gasteiger partial charge on any atom is 0.100 e. The summed E-state index contributed by atoms with van der Waals surface area (Å²) in [5.41, 5.74) is 3.27. The molecule has 1 aliphatic rings. The number of hydrogen-bond acceptors (Lipinski definition) is 4. The van der Waals surface area contributed by atoms with Crippen molar-refractivity contribution in [2.45, 2.75) is 25.9 Å². The molecule has 0 atom stereocenters. The van der Waals surface area contributed by atoms with Gasteiger partial charge in [0.1, 0.15) is 6.07 Å². The van der Waals surface area contributed by atoms with E-state index in [4.69, 9.17) is 5.26 Å². The number of nitrogens with one attached hydrogen (secondary N) is 1. The second kappa shape index (κ2) is 6.75. The summed E-state index contributed by atoms with van der Waals surface area (Å²) in [6.07, 6.45) is 2.66. The third-order valence-electron chi connectivity index (χ3n) is 3.78. The van der Waals surface area contributed by atoms with Gasteiger partial charge in [-0.2, -0.15) is 5.26 Å². The highest BCUT2D eigenvalue weighted by molar-refractivity contribution is 7.10. The smallest absolute Gasteiger partial charge is 0.100 e. The first-order valence-corrected chi connectivity index (χ1v) is 8.24. The van der Waals surface area contributed by atoms with Gasteiger partial charge in [0.25, 0.3) is 0 Å². The third kappa shape index (κ3) is 3.84. The molecule has 0 unspecified atom stereocenters. The van der Waals surface area contributed by atoms with Gasteiger partial charge in [0.2, 0.25) is 0 Å². The summed E-state index contributed by atoms with van der Waals surface area (Å²) >= 11 is 1.63. The van der Waals surface area contributed by atoms with Crippen molar-refractivity contribution in [1.29, 1.82) is 5.26 Å². The van der Waals surface area contributed by atoms with Crippen LogP contribution in [0, 0.1) is 11.3 Å². The lowest BCUT2D eigenvalue weighted by Gasteiger charge is -2.15. The molecule has 21 heavy (non-hydrogen) atoms. The van der Waals surface area contributed by atoms with Crippen molar-refractivity contribution in [3.63, 3.8) is 0 Å². The zero-order valence-corrected chi connectivity index (χ0v) is 12.8. The van der Waals surface area contributed by atoms with Gasteiger partial charge in [0, 0.05) is 29.0 Å². The molecule has 0 amide bonds. The number of nitrogens with zero attached hydrogens (tertiary/aromatic N) is 2. The van der Waals surface area contributed by atoms with Crippen LogP contribution in [0.3, 0.4) is 0 Å². The van der Waals surface area contributed by atoms with Crippen molar-refractivity contribution >= 4 is 17.0 Å². The molecule has 1 N–H and O–H groups in total. The van der Waals surface area contributed by atoms with E-state index in [0.29, 0.717) is 0 Å². The largest absolute Gasteiger partial charge is 0.380 e. The Morgan fingerprint density at radius 3 is 2.86 bits per heavy atom. The van der Waals surface area contributed by atoms with E-state index in [1.54, 1.807) is 11.3 Å². The van der Waals surface area contributed by atoms with Crippen LogP contribution in [0.25, 0.3) is 0 Å². The van der Waals surface area contributed by atoms with Gasteiger partial charge in [-0.1, -0.05) is 12.1 Å². The number of nitriles is 1. The Bertz CT molecular complexity index is 635. The van der Waals surface area contributed by atoms with Crippen LogP contribution in [0.15, 0.2) is 35.7 Å². The predicted octanol–water partition coefficient (Wildman–Crippen LogP) is 3.83. The molecule has 4 heteroatoms. The average Bonchev–Trinajstić information content (AvgIpc) is 3.17. The first-order valence-electron chi connectivity index (χ1n) is 7.36. The topological polar surface area (TPSA) is 39.1 Å². The quantitative estimate of drug-likeness (QED) is 0.911. The minimum atomic E-state index is 0.750. The van der Waals surface area contributed by atoms with Crippen molar-refractivity contribution in [3.8, 4) is 6.07 Å². The number of hydrogen-bond donors (Lipinski definition) is 1. The lowest BCUT2D eigenvalue weighted by molar-refractivity contribution is 0.331. The van der Waals surface area contributed by atoms with Gasteiger partial charge in [-0.3, -0.25) is 4.90 Å². The van der Waals surface area contributed by atoms with Gasteiger partial charge in [0.05, 0.1) is 5.56 Å². The van der Waals surface area contributed by atoms with Gasteiger partial charge in [-0.15, -0.1) is 11.3 Å². The second-order valence-corrected chi connectivity index (χ2v) is 6.45. The molecule has 1 aromatic heterocycles. The fourth-order valence-electron chi connectivity index (χ4n) is 2.70. The second-order valence-electron chi connectivity index (χ2n) is 5.45. The SMILES string of the molecule is N#Cc1csc(CNc2cccc(CN3CCCC3)c2)c1. The first kappa shape index (κ1) is 14.1. The van der Waals surface area contributed by atoms with E-state index in [2.05, 4.69) is 40.6 Å². The molecule has 2 heterocycles. The lowest BCUT2D eigenvalue weighted by atomic mass is 10.2. The number of anilines is 1. The summed E-state index contributed by atoms with van der Waals surface area (Å²) in [6, 6.07) is 12.8. The Balaban J connectivity index is 1.58. The fraction of sp³-hybridized carbons (Fsp3) is 0.353. The Morgan fingerprint density at radius 1 is 1.24 bits per heavy atom. The van der Waals surface area contributed by atoms with E-state index >= 15 is 0 Å². The summed E-state index contributed by atoms with van der Waals surface area (Å²) < 4.78 is 0. The van der Waals surface area contributed by atoms with Gasteiger partial charge >= 0.3 is 0 Å². The van der Waals surface area contributed by atoms with Gasteiger partial charge in [-0.25, -0.2) is 0 Å². The summed E-state index contributed by atoms with van der Waals surface area (Å²) in [4.78, 5) is 3.70. The molecule has 0 spiro atoms. The summed E-state index contributed by atoms with van der Waals surface area (Å²) in [7, 11) is 0. The molecule has 1 aromatic carbocycles. The van der Waals surface area contributed by atoms with E-state index in [1.165, 1.54) is 36.4 Å². The lowest BCUT2D eigenvalue weighted by Crippen LogP contribution is -2.18. The van der Waals surface area contributed by atoms with Gasteiger partial charge in [0.15, 0.2) is 0 Å². The average molecular weight is 297 g/mol. The highest BCUT2D eigenvalue weighted by Gasteiger charge is 2.11. The van der Waals surface area contributed by atoms with Crippen LogP contribution in [0.1, 0.15) is 28.8 Å². The molecule has 0 radical (unpaired) electrons. The molecule has 2 aromatic rings. The molecule has 1 saturated heterocycles. The highest BCUT2D eigenvalue weighted by atomic mass is 32.1. The number of benzene rings is 1. The number of thiophene rings is 1. The first-order chi connectivity index (χ1) is 10.3. The third-order valence-corrected chi connectivity index (χ3v) is 4.72. The fourth-order valence-corrected chi connectivity index (χ4v) is 3.45. The van der Waals surface area contributed by atoms with E-state index in [9.17, 15) is 0 Å². The Labute approximate surface area is 129 Å². The monoisotopic (exact) mass is 297 g/mol. The molecule has 1 aliphatic heterocycles. The minimum Gasteiger partial charge on any atom is -0.380 e. The maximum absolute atomic E-state index is 8.84. The highest BCUT2D eigenvalue weighted by Crippen LogP contribution is 2.19. The standard InChI is InChI=1S/C17H19N3S/c18-10-15-9-17(21-13-15)11-19-16-5-3-4-14(8-16)12-20-6-1-2-7-20/h3-5,8-9,13,19H,1-2,6-7,11-12H2. The molecule has 0 bridgehead atoms. The van der Waals surface area contributed by atoms with Crippen LogP contribution in [0.2, 0.25) is 0 Å². The molecule has 0 saturated carbocycles. The van der Waals surface area contributed by atoms with Crippen LogP contribution in [-0.4, -0.2) is 18.0 Å². The predicted molar refractivity (Wildman–Crippen MR) is 87.3 cm³/mol. The molecule has 1 fully saturated rings. The van der Waals surface area contributed by atoms with Crippen molar-refractivity contribution < 1.29 is 0 Å². The zero-order chi connectivity index (χ0) is 14.5. The van der Waals surface area contributed by atoms with E-state index < -0.39 is 0 Å². The molecule has 3 rings (SSSR count). The normalized spacial score (nSPS) is 15.0. The molecular weight excluding hydrogens is 278 g/mol. The number of likely N-dealkylation sites (tertiary alicyclic amines) is 1. The maximum atomic E-state index is 8.84. The van der Waals surface area contributed by atoms with Crippen LogP contribution >= 0.6 is 11.3 Å². The molecule has 0 aliphatic carbocycles. The molecule has 3 nitrogen and oxygen atoms in total. The van der Waals surface area contributed by atoms with E-state index in [-0.39, 0.29) is 0 Å². The van der Waals surface area contributed by atoms with Crippen LogP contribution in [-0.2, 0) is 13.1 Å². The molecule has 108 valence electrons. The summed E-state index contributed by atoms with van der Waals surface area (Å²) in [6.45, 7) is 4.28. The van der Waals surface area contributed by atoms with Gasteiger partial charge in [-0.05, 0) is 49.7 Å². The van der Waals surface area contributed by atoms with Crippen LogP contribution < -0.4 is 5.32 Å². The van der Waals surface area contributed by atoms with Crippen molar-refractivity contribution in [3.05, 3.63) is 51.7 Å². The molecular formula is C17H19N3S. The van der Waals surface area contributed by atoms with Crippen LogP contribution in [0.5, 0.6) is 0 Å². The van der Waals surface area contributed by atoms with Crippen LogP contribution in [0.4, 0.5) is 5.69 Å². The zero-order valence-electron chi connectivity index (χ0n) is 12.0. The van der Waals surface area contributed by atoms with Crippen molar-refractivity contribution in [1.82, 2.24) is 4.90 Å². The van der Waals surface area contributed by atoms with Crippen molar-refractivity contribution in [2.75, 3.05) is 18.4 Å². The Kier molecular flexibility index (Phi) is 4.54. The summed E-state index contributed by atoms with van der Waals surface area (Å²) in [5, 5.41) is 14.2. The Morgan fingerprint density at radius 2 is 2.10 bits per heavy atom.